The molecule has 1 fully saturated rings. The van der Waals surface area contributed by atoms with Crippen LogP contribution in [0.2, 0.25) is 0 Å². The Bertz CT molecular complexity index is 347. The Hall–Kier alpha value is -1.26. The molecule has 1 saturated heterocycles. The van der Waals surface area contributed by atoms with E-state index in [2.05, 4.69) is 4.98 Å². The third-order valence-electron chi connectivity index (χ3n) is 2.86. The zero-order chi connectivity index (χ0) is 11.9. The Morgan fingerprint density at radius 1 is 1.53 bits per heavy atom. The number of carbonyl (C=O) groups is 1. The van der Waals surface area contributed by atoms with Crippen molar-refractivity contribution in [3.05, 3.63) is 30.1 Å². The molecule has 1 atom stereocenters. The lowest BCUT2D eigenvalue weighted by Gasteiger charge is -2.07. The molecule has 0 spiro atoms. The van der Waals surface area contributed by atoms with Crippen LogP contribution in [0.1, 0.15) is 12.1 Å². The predicted octanol–water partition coefficient (Wildman–Crippen LogP) is 1.25. The molecule has 0 radical (unpaired) electrons. The molecule has 4 heteroatoms. The van der Waals surface area contributed by atoms with Gasteiger partial charge < -0.3 is 9.47 Å². The molecular weight excluding hydrogens is 218 g/mol. The number of aromatic nitrogens is 1. The van der Waals surface area contributed by atoms with Crippen molar-refractivity contribution < 1.29 is 14.3 Å². The molecule has 1 aliphatic heterocycles. The Morgan fingerprint density at radius 3 is 3.18 bits per heavy atom. The molecule has 0 aliphatic carbocycles. The van der Waals surface area contributed by atoms with Gasteiger partial charge in [-0.2, -0.15) is 0 Å². The van der Waals surface area contributed by atoms with Gasteiger partial charge in [0.25, 0.3) is 0 Å². The minimum absolute atomic E-state index is 0.0462. The van der Waals surface area contributed by atoms with E-state index in [-0.39, 0.29) is 18.3 Å². The van der Waals surface area contributed by atoms with E-state index in [1.54, 1.807) is 6.20 Å². The van der Waals surface area contributed by atoms with E-state index in [0.717, 1.165) is 18.5 Å². The molecule has 1 unspecified atom stereocenters. The summed E-state index contributed by atoms with van der Waals surface area (Å²) in [5, 5.41) is 0. The molecule has 0 amide bonds. The number of hydrogen-bond acceptors (Lipinski definition) is 4. The Labute approximate surface area is 101 Å². The lowest BCUT2D eigenvalue weighted by molar-refractivity contribution is -0.127. The van der Waals surface area contributed by atoms with Crippen LogP contribution in [0.5, 0.6) is 0 Å². The zero-order valence-electron chi connectivity index (χ0n) is 9.80. The van der Waals surface area contributed by atoms with E-state index < -0.39 is 0 Å². The number of Topliss-reactive ketones (excluding diaryl/α,β-unsaturated/α-hetero) is 1. The summed E-state index contributed by atoms with van der Waals surface area (Å²) in [4.78, 5) is 15.8. The van der Waals surface area contributed by atoms with Crippen LogP contribution >= 0.6 is 0 Å². The molecule has 0 bridgehead atoms. The number of nitrogens with zero attached hydrogens (tertiary/aromatic N) is 1. The average molecular weight is 235 g/mol. The van der Waals surface area contributed by atoms with Crippen LogP contribution in [0.3, 0.4) is 0 Å². The highest BCUT2D eigenvalue weighted by molar-refractivity contribution is 5.82. The summed E-state index contributed by atoms with van der Waals surface area (Å²) in [5.41, 5.74) is 0.990. The molecule has 1 aliphatic rings. The maximum Gasteiger partial charge on any atom is 0.163 e. The summed E-state index contributed by atoms with van der Waals surface area (Å²) in [6.45, 7) is 1.99. The smallest absolute Gasteiger partial charge is 0.163 e. The molecule has 1 aromatic rings. The standard InChI is InChI=1S/C13H17NO3/c15-13(11-4-7-16-9-11)10-17-8-5-12-3-1-2-6-14-12/h1-3,6,11H,4-5,7-10H2. The van der Waals surface area contributed by atoms with Crippen LogP contribution in [0, 0.1) is 5.92 Å². The fourth-order valence-corrected chi connectivity index (χ4v) is 1.80. The van der Waals surface area contributed by atoms with Gasteiger partial charge in [0.15, 0.2) is 5.78 Å². The van der Waals surface area contributed by atoms with Gasteiger partial charge in [0, 0.05) is 30.8 Å². The number of hydrogen-bond donors (Lipinski definition) is 0. The SMILES string of the molecule is O=C(COCCc1ccccn1)C1CCOC1. The quantitative estimate of drug-likeness (QED) is 0.696. The Kier molecular flexibility index (Phi) is 4.64. The Balaban J connectivity index is 1.61. The molecule has 2 heterocycles. The van der Waals surface area contributed by atoms with E-state index >= 15 is 0 Å². The highest BCUT2D eigenvalue weighted by atomic mass is 16.5. The summed E-state index contributed by atoms with van der Waals surface area (Å²) in [5.74, 6) is 0.202. The second-order valence-corrected chi connectivity index (χ2v) is 4.15. The van der Waals surface area contributed by atoms with E-state index in [0.29, 0.717) is 19.8 Å². The van der Waals surface area contributed by atoms with Gasteiger partial charge in [-0.05, 0) is 18.6 Å². The highest BCUT2D eigenvalue weighted by Gasteiger charge is 2.22. The van der Waals surface area contributed by atoms with Crippen LogP contribution in [0.15, 0.2) is 24.4 Å². The van der Waals surface area contributed by atoms with Gasteiger partial charge in [-0.1, -0.05) is 6.07 Å². The van der Waals surface area contributed by atoms with Crippen molar-refractivity contribution >= 4 is 5.78 Å². The molecule has 1 aromatic heterocycles. The van der Waals surface area contributed by atoms with Gasteiger partial charge in [-0.25, -0.2) is 0 Å². The van der Waals surface area contributed by atoms with E-state index in [1.807, 2.05) is 18.2 Å². The number of ether oxygens (including phenoxy) is 2. The van der Waals surface area contributed by atoms with Gasteiger partial charge in [-0.15, -0.1) is 0 Å². The van der Waals surface area contributed by atoms with Crippen molar-refractivity contribution in [3.8, 4) is 0 Å². The first kappa shape index (κ1) is 12.2. The van der Waals surface area contributed by atoms with Crippen molar-refractivity contribution in [3.63, 3.8) is 0 Å². The fraction of sp³-hybridized carbons (Fsp3) is 0.538. The largest absolute Gasteiger partial charge is 0.381 e. The Morgan fingerprint density at radius 2 is 2.47 bits per heavy atom. The summed E-state index contributed by atoms with van der Waals surface area (Å²) in [6, 6.07) is 5.79. The van der Waals surface area contributed by atoms with E-state index in [9.17, 15) is 4.79 Å². The summed E-state index contributed by atoms with van der Waals surface area (Å²) >= 11 is 0. The second kappa shape index (κ2) is 6.47. The maximum atomic E-state index is 11.6. The molecular formula is C13H17NO3. The van der Waals surface area contributed by atoms with E-state index in [4.69, 9.17) is 9.47 Å². The van der Waals surface area contributed by atoms with E-state index in [1.165, 1.54) is 0 Å². The molecule has 0 aromatic carbocycles. The topological polar surface area (TPSA) is 48.4 Å². The van der Waals surface area contributed by atoms with Crippen molar-refractivity contribution in [2.24, 2.45) is 5.92 Å². The monoisotopic (exact) mass is 235 g/mol. The third kappa shape index (κ3) is 3.91. The summed E-state index contributed by atoms with van der Waals surface area (Å²) in [7, 11) is 0. The lowest BCUT2D eigenvalue weighted by atomic mass is 10.0. The minimum atomic E-state index is 0.0462. The average Bonchev–Trinajstić information content (AvgIpc) is 2.89. The van der Waals surface area contributed by atoms with Crippen molar-refractivity contribution in [1.29, 1.82) is 0 Å². The number of pyridine rings is 1. The van der Waals surface area contributed by atoms with Crippen LogP contribution < -0.4 is 0 Å². The highest BCUT2D eigenvalue weighted by Crippen LogP contribution is 2.13. The van der Waals surface area contributed by atoms with Gasteiger partial charge in [0.05, 0.1) is 13.2 Å². The molecule has 17 heavy (non-hydrogen) atoms. The predicted molar refractivity (Wildman–Crippen MR) is 62.7 cm³/mol. The first-order valence-corrected chi connectivity index (χ1v) is 5.94. The molecule has 2 rings (SSSR count). The zero-order valence-corrected chi connectivity index (χ0v) is 9.80. The fourth-order valence-electron chi connectivity index (χ4n) is 1.80. The number of carbonyl (C=O) groups excluding carboxylic acids is 1. The van der Waals surface area contributed by atoms with Crippen LogP contribution in [-0.4, -0.2) is 37.2 Å². The first-order valence-electron chi connectivity index (χ1n) is 5.94. The van der Waals surface area contributed by atoms with Crippen LogP contribution in [-0.2, 0) is 20.7 Å². The van der Waals surface area contributed by atoms with Gasteiger partial charge in [0.2, 0.25) is 0 Å². The van der Waals surface area contributed by atoms with Gasteiger partial charge in [0.1, 0.15) is 6.61 Å². The van der Waals surface area contributed by atoms with Crippen LogP contribution in [0.4, 0.5) is 0 Å². The lowest BCUT2D eigenvalue weighted by Crippen LogP contribution is -2.20. The number of ketones is 1. The normalized spacial score (nSPS) is 19.4. The van der Waals surface area contributed by atoms with Gasteiger partial charge >= 0.3 is 0 Å². The maximum absolute atomic E-state index is 11.6. The molecule has 4 nitrogen and oxygen atoms in total. The van der Waals surface area contributed by atoms with Crippen molar-refractivity contribution in [2.45, 2.75) is 12.8 Å². The molecule has 92 valence electrons. The van der Waals surface area contributed by atoms with Crippen molar-refractivity contribution in [2.75, 3.05) is 26.4 Å². The van der Waals surface area contributed by atoms with Crippen molar-refractivity contribution in [1.82, 2.24) is 4.98 Å². The second-order valence-electron chi connectivity index (χ2n) is 4.15. The summed E-state index contributed by atoms with van der Waals surface area (Å²) < 4.78 is 10.5. The van der Waals surface area contributed by atoms with Gasteiger partial charge in [-0.3, -0.25) is 9.78 Å². The first-order chi connectivity index (χ1) is 8.36. The van der Waals surface area contributed by atoms with Crippen LogP contribution in [0.25, 0.3) is 0 Å². The third-order valence-corrected chi connectivity index (χ3v) is 2.86. The summed E-state index contributed by atoms with van der Waals surface area (Å²) in [6.07, 6.45) is 3.34. The minimum Gasteiger partial charge on any atom is -0.381 e. The molecule has 0 saturated carbocycles. The number of rotatable bonds is 6. The molecule has 0 N–H and O–H groups in total.